The molecule has 1 saturated carbocycles. The minimum absolute atomic E-state index is 0.0190. The Labute approximate surface area is 279 Å². The van der Waals surface area contributed by atoms with Gasteiger partial charge in [0.2, 0.25) is 0 Å². The molecule has 0 bridgehead atoms. The Morgan fingerprint density at radius 1 is 1.00 bits per heavy atom. The van der Waals surface area contributed by atoms with Crippen LogP contribution in [0, 0.1) is 0 Å². The van der Waals surface area contributed by atoms with E-state index in [1.807, 2.05) is 39.8 Å². The number of benzene rings is 2. The molecule has 1 aliphatic rings. The number of nitrogens with zero attached hydrogens (tertiary/aromatic N) is 3. The van der Waals surface area contributed by atoms with E-state index in [0.717, 1.165) is 36.1 Å². The first-order valence-electron chi connectivity index (χ1n) is 15.5. The molecule has 3 N–H and O–H groups in total. The number of carboxylic acid groups (broad SMARTS) is 2. The predicted molar refractivity (Wildman–Crippen MR) is 180 cm³/mol. The molecule has 0 spiro atoms. The van der Waals surface area contributed by atoms with Crippen molar-refractivity contribution in [3.8, 4) is 11.5 Å². The molecule has 0 aliphatic heterocycles. The number of fused-ring (bicyclic) bond motifs is 1. The zero-order valence-electron chi connectivity index (χ0n) is 28.1. The molecule has 15 heteroatoms. The van der Waals surface area contributed by atoms with Crippen LogP contribution in [0.5, 0.6) is 11.5 Å². The summed E-state index contributed by atoms with van der Waals surface area (Å²) in [5.41, 5.74) is -0.101. The number of carbonyl (C=O) groups excluding carboxylic acids is 1. The first-order chi connectivity index (χ1) is 22.5. The van der Waals surface area contributed by atoms with Gasteiger partial charge in [0.1, 0.15) is 16.4 Å². The van der Waals surface area contributed by atoms with Gasteiger partial charge in [-0.2, -0.15) is 3.97 Å². The fourth-order valence-electron chi connectivity index (χ4n) is 5.83. The topological polar surface area (TPSA) is 186 Å². The molecular weight excluding hydrogens is 644 g/mol. The zero-order chi connectivity index (χ0) is 35.8. The third-order valence-electron chi connectivity index (χ3n) is 7.53. The van der Waals surface area contributed by atoms with Gasteiger partial charge in [-0.25, -0.2) is 22.8 Å². The van der Waals surface area contributed by atoms with Gasteiger partial charge >= 0.3 is 17.6 Å². The van der Waals surface area contributed by atoms with E-state index in [0.29, 0.717) is 36.6 Å². The molecular formula is C33H44N4O10S. The monoisotopic (exact) mass is 688 g/mol. The fraction of sp³-hybridized carbons (Fsp3) is 0.455. The molecule has 0 radical (unpaired) electrons. The second-order valence-electron chi connectivity index (χ2n) is 12.2. The van der Waals surface area contributed by atoms with Crippen LogP contribution in [0.4, 0.5) is 0 Å². The molecule has 2 aromatic carbocycles. The largest absolute Gasteiger partial charge is 0.495 e. The summed E-state index contributed by atoms with van der Waals surface area (Å²) in [7, 11) is 0.782. The molecule has 1 amide bonds. The van der Waals surface area contributed by atoms with Crippen LogP contribution in [0.2, 0.25) is 0 Å². The lowest BCUT2D eigenvalue weighted by molar-refractivity contribution is -0.134. The second kappa shape index (κ2) is 16.0. The van der Waals surface area contributed by atoms with E-state index in [1.165, 1.54) is 25.3 Å². The average molecular weight is 689 g/mol. The Kier molecular flexibility index (Phi) is 12.6. The number of aliphatic carboxylic acids is 2. The van der Waals surface area contributed by atoms with E-state index >= 15 is 0 Å². The molecule has 262 valence electrons. The standard InChI is InChI=1S/C29H40N4O6S.C4H4O4/c1-7-39-22-14-15-23-24(18-22)32(21-11-9-8-10-12-21)28(35)33(23)40(36,37)26-16-13-20(17-25(26)38-6)27(34)30-29(2,3)19-31(4)5;5-3(6)1-2-4(7)8/h13-18,21H,7-12,19H2,1-6H3,(H,30,34);1-2H,(H,5,6)(H,7,8). The summed E-state index contributed by atoms with van der Waals surface area (Å²) in [5.74, 6) is -2.32. The highest BCUT2D eigenvalue weighted by Gasteiger charge is 2.32. The number of carbonyl (C=O) groups is 3. The third-order valence-corrected chi connectivity index (χ3v) is 9.26. The molecule has 1 fully saturated rings. The number of hydrogen-bond acceptors (Lipinski definition) is 9. The van der Waals surface area contributed by atoms with Crippen LogP contribution in [-0.2, 0) is 19.6 Å². The van der Waals surface area contributed by atoms with E-state index < -0.39 is 33.2 Å². The lowest BCUT2D eigenvalue weighted by Crippen LogP contribution is -2.50. The number of likely N-dealkylation sites (N-methyl/N-ethyl adjacent to an activating group) is 1. The van der Waals surface area contributed by atoms with E-state index in [4.69, 9.17) is 19.7 Å². The van der Waals surface area contributed by atoms with Gasteiger partial charge in [-0.15, -0.1) is 0 Å². The van der Waals surface area contributed by atoms with Crippen molar-refractivity contribution in [3.63, 3.8) is 0 Å². The summed E-state index contributed by atoms with van der Waals surface area (Å²) in [6.07, 6.45) is 5.76. The highest BCUT2D eigenvalue weighted by Crippen LogP contribution is 2.34. The summed E-state index contributed by atoms with van der Waals surface area (Å²) < 4.78 is 41.8. The quantitative estimate of drug-likeness (QED) is 0.235. The highest BCUT2D eigenvalue weighted by atomic mass is 32.2. The number of methoxy groups -OCH3 is 1. The fourth-order valence-corrected chi connectivity index (χ4v) is 7.37. The Morgan fingerprint density at radius 2 is 1.62 bits per heavy atom. The molecule has 0 saturated heterocycles. The van der Waals surface area contributed by atoms with Gasteiger partial charge in [-0.3, -0.25) is 9.36 Å². The molecule has 14 nitrogen and oxygen atoms in total. The number of ether oxygens (including phenoxy) is 2. The summed E-state index contributed by atoms with van der Waals surface area (Å²) >= 11 is 0. The van der Waals surface area contributed by atoms with Crippen LogP contribution in [0.3, 0.4) is 0 Å². The highest BCUT2D eigenvalue weighted by molar-refractivity contribution is 7.90. The number of hydrogen-bond donors (Lipinski definition) is 3. The van der Waals surface area contributed by atoms with E-state index in [9.17, 15) is 27.6 Å². The number of amides is 1. The maximum Gasteiger partial charge on any atom is 0.343 e. The van der Waals surface area contributed by atoms with Crippen molar-refractivity contribution in [2.75, 3.05) is 34.4 Å². The Hall–Kier alpha value is -4.63. The molecule has 1 heterocycles. The van der Waals surface area contributed by atoms with Crippen LogP contribution < -0.4 is 20.5 Å². The van der Waals surface area contributed by atoms with Gasteiger partial charge in [0, 0.05) is 41.9 Å². The molecule has 4 rings (SSSR count). The Balaban J connectivity index is 0.000000694. The molecule has 3 aromatic rings. The van der Waals surface area contributed by atoms with Crippen molar-refractivity contribution < 1.29 is 42.5 Å². The number of imidazole rings is 1. The summed E-state index contributed by atoms with van der Waals surface area (Å²) in [6, 6.07) is 9.08. The van der Waals surface area contributed by atoms with Crippen LogP contribution in [-0.4, -0.2) is 89.8 Å². The van der Waals surface area contributed by atoms with Gasteiger partial charge < -0.3 is 29.9 Å². The molecule has 0 atom stereocenters. The third kappa shape index (κ3) is 9.25. The number of nitrogens with one attached hydrogen (secondary N) is 1. The zero-order valence-corrected chi connectivity index (χ0v) is 28.9. The normalized spacial score (nSPS) is 14.1. The van der Waals surface area contributed by atoms with Gasteiger partial charge in [-0.05, 0) is 78.0 Å². The summed E-state index contributed by atoms with van der Waals surface area (Å²) in [5, 5.41) is 18.6. The van der Waals surface area contributed by atoms with E-state index in [-0.39, 0.29) is 33.7 Å². The predicted octanol–water partition coefficient (Wildman–Crippen LogP) is 3.73. The van der Waals surface area contributed by atoms with Crippen molar-refractivity contribution in [1.82, 2.24) is 18.8 Å². The summed E-state index contributed by atoms with van der Waals surface area (Å²) in [6.45, 7) is 6.75. The number of rotatable bonds is 12. The Morgan fingerprint density at radius 3 is 2.17 bits per heavy atom. The van der Waals surface area contributed by atoms with Crippen molar-refractivity contribution in [2.24, 2.45) is 0 Å². The van der Waals surface area contributed by atoms with E-state index in [2.05, 4.69) is 5.32 Å². The minimum atomic E-state index is -4.40. The van der Waals surface area contributed by atoms with Crippen molar-refractivity contribution in [3.05, 3.63) is 64.6 Å². The lowest BCUT2D eigenvalue weighted by Gasteiger charge is -2.29. The van der Waals surface area contributed by atoms with Crippen molar-refractivity contribution >= 4 is 38.9 Å². The van der Waals surface area contributed by atoms with Crippen LogP contribution in [0.15, 0.2) is 58.2 Å². The van der Waals surface area contributed by atoms with Crippen molar-refractivity contribution in [2.45, 2.75) is 69.4 Å². The first-order valence-corrected chi connectivity index (χ1v) is 16.9. The van der Waals surface area contributed by atoms with Gasteiger partial charge in [0.25, 0.3) is 15.9 Å². The molecule has 1 aromatic heterocycles. The van der Waals surface area contributed by atoms with Crippen LogP contribution in [0.1, 0.15) is 69.3 Å². The molecule has 0 unspecified atom stereocenters. The molecule has 1 aliphatic carbocycles. The van der Waals surface area contributed by atoms with Crippen LogP contribution >= 0.6 is 0 Å². The number of carboxylic acids is 2. The van der Waals surface area contributed by atoms with Gasteiger partial charge in [0.15, 0.2) is 0 Å². The number of aromatic nitrogens is 2. The van der Waals surface area contributed by atoms with Gasteiger partial charge in [0.05, 0.1) is 24.8 Å². The summed E-state index contributed by atoms with van der Waals surface area (Å²) in [4.78, 5) is 47.8. The van der Waals surface area contributed by atoms with Crippen LogP contribution in [0.25, 0.3) is 11.0 Å². The second-order valence-corrected chi connectivity index (χ2v) is 14.0. The Bertz CT molecular complexity index is 1820. The van der Waals surface area contributed by atoms with E-state index in [1.54, 1.807) is 22.8 Å². The lowest BCUT2D eigenvalue weighted by atomic mass is 9.95. The maximum atomic E-state index is 14.1. The van der Waals surface area contributed by atoms with Crippen molar-refractivity contribution in [1.29, 1.82) is 0 Å². The van der Waals surface area contributed by atoms with Gasteiger partial charge in [-0.1, -0.05) is 19.3 Å². The average Bonchev–Trinajstić information content (AvgIpc) is 3.31. The smallest absolute Gasteiger partial charge is 0.343 e. The molecule has 48 heavy (non-hydrogen) atoms. The first kappa shape index (κ1) is 37.8. The minimum Gasteiger partial charge on any atom is -0.495 e. The maximum absolute atomic E-state index is 14.1. The SMILES string of the molecule is CCOc1ccc2c(c1)n(C1CCCCC1)c(=O)n2S(=O)(=O)c1ccc(C(=O)NC(C)(C)CN(C)C)cc1OC.O=C(O)C=CC(=O)O.